The zero-order valence-electron chi connectivity index (χ0n) is 10.6. The number of rotatable bonds is 2. The average molecular weight is 378 g/mol. The largest absolute Gasteiger partial charge is 0.339 e. The molecule has 2 aromatic heterocycles. The number of para-hydroxylation sites is 1. The summed E-state index contributed by atoms with van der Waals surface area (Å²) in [5.74, 6) is 0.546. The smallest absolute Gasteiger partial charge is 0.266 e. The monoisotopic (exact) mass is 378 g/mol. The van der Waals surface area contributed by atoms with Crippen LogP contribution in [0.3, 0.4) is 0 Å². The van der Waals surface area contributed by atoms with Gasteiger partial charge in [0.15, 0.2) is 5.82 Å². The summed E-state index contributed by atoms with van der Waals surface area (Å²) in [6.07, 6.45) is 1.39. The predicted octanol–water partition coefficient (Wildman–Crippen LogP) is 2.97. The zero-order valence-corrected chi connectivity index (χ0v) is 12.8. The Hall–Kier alpha value is -1.96. The van der Waals surface area contributed by atoms with Gasteiger partial charge in [-0.2, -0.15) is 0 Å². The lowest BCUT2D eigenvalue weighted by molar-refractivity contribution is 1.10. The fraction of sp³-hybridized carbons (Fsp3) is 0.0714. The maximum Gasteiger partial charge on any atom is 0.266 e. The van der Waals surface area contributed by atoms with Crippen molar-refractivity contribution in [2.24, 2.45) is 0 Å². The molecule has 0 aliphatic rings. The lowest BCUT2D eigenvalue weighted by Gasteiger charge is -2.10. The Balaban J connectivity index is 2.15. The van der Waals surface area contributed by atoms with E-state index < -0.39 is 0 Å². The number of aromatic nitrogens is 3. The highest BCUT2D eigenvalue weighted by Crippen LogP contribution is 2.26. The molecule has 5 nitrogen and oxygen atoms in total. The molecule has 0 amide bonds. The van der Waals surface area contributed by atoms with Crippen LogP contribution in [0.25, 0.3) is 10.9 Å². The third-order valence-corrected chi connectivity index (χ3v) is 3.89. The number of nitrogens with one attached hydrogen (secondary N) is 2. The second-order valence-electron chi connectivity index (χ2n) is 4.35. The van der Waals surface area contributed by atoms with Crippen LogP contribution >= 0.6 is 22.6 Å². The van der Waals surface area contributed by atoms with Gasteiger partial charge in [0.2, 0.25) is 0 Å². The number of aromatic amines is 1. The Morgan fingerprint density at radius 2 is 2.10 bits per heavy atom. The van der Waals surface area contributed by atoms with Crippen molar-refractivity contribution in [1.29, 1.82) is 0 Å². The van der Waals surface area contributed by atoms with Crippen LogP contribution in [-0.4, -0.2) is 15.0 Å². The van der Waals surface area contributed by atoms with Crippen LogP contribution in [0.15, 0.2) is 41.5 Å². The number of anilines is 2. The van der Waals surface area contributed by atoms with E-state index in [4.69, 9.17) is 0 Å². The second-order valence-corrected chi connectivity index (χ2v) is 5.43. The minimum absolute atomic E-state index is 0.154. The van der Waals surface area contributed by atoms with E-state index in [-0.39, 0.29) is 5.56 Å². The van der Waals surface area contributed by atoms with Crippen LogP contribution < -0.4 is 10.9 Å². The predicted molar refractivity (Wildman–Crippen MR) is 87.3 cm³/mol. The molecule has 0 aliphatic heterocycles. The molecule has 0 unspecified atom stereocenters. The maximum atomic E-state index is 11.6. The lowest BCUT2D eigenvalue weighted by Crippen LogP contribution is -2.13. The number of aryl methyl sites for hydroxylation is 1. The molecule has 0 saturated carbocycles. The first-order chi connectivity index (χ1) is 9.65. The minimum Gasteiger partial charge on any atom is -0.339 e. The van der Waals surface area contributed by atoms with Crippen molar-refractivity contribution in [1.82, 2.24) is 15.0 Å². The van der Waals surface area contributed by atoms with Gasteiger partial charge in [0, 0.05) is 11.1 Å². The highest BCUT2D eigenvalue weighted by atomic mass is 127. The number of hydrogen-bond acceptors (Lipinski definition) is 4. The van der Waals surface area contributed by atoms with E-state index >= 15 is 0 Å². The molecule has 1 aromatic carbocycles. The van der Waals surface area contributed by atoms with Crippen molar-refractivity contribution in [3.8, 4) is 0 Å². The number of H-pyrrole nitrogens is 1. The summed E-state index contributed by atoms with van der Waals surface area (Å²) in [5.41, 5.74) is 2.56. The van der Waals surface area contributed by atoms with E-state index in [0.717, 1.165) is 22.3 Å². The fourth-order valence-corrected chi connectivity index (χ4v) is 2.44. The molecule has 0 atom stereocenters. The van der Waals surface area contributed by atoms with Crippen molar-refractivity contribution < 1.29 is 0 Å². The van der Waals surface area contributed by atoms with E-state index in [9.17, 15) is 4.79 Å². The van der Waals surface area contributed by atoms with E-state index in [2.05, 4.69) is 20.3 Å². The highest BCUT2D eigenvalue weighted by Gasteiger charge is 2.08. The Bertz CT molecular complexity index is 844. The average Bonchev–Trinajstić information content (AvgIpc) is 2.43. The van der Waals surface area contributed by atoms with Gasteiger partial charge in [-0.3, -0.25) is 9.78 Å². The molecule has 2 N–H and O–H groups in total. The quantitative estimate of drug-likeness (QED) is 0.673. The second kappa shape index (κ2) is 5.20. The van der Waals surface area contributed by atoms with Gasteiger partial charge in [0.1, 0.15) is 3.57 Å². The van der Waals surface area contributed by atoms with E-state index in [1.807, 2.05) is 59.8 Å². The summed E-state index contributed by atoms with van der Waals surface area (Å²) < 4.78 is 0.531. The van der Waals surface area contributed by atoms with Crippen molar-refractivity contribution in [3.63, 3.8) is 0 Å². The summed E-state index contributed by atoms with van der Waals surface area (Å²) in [7, 11) is 0. The molecule has 3 rings (SSSR count). The van der Waals surface area contributed by atoms with Gasteiger partial charge in [-0.25, -0.2) is 4.98 Å². The number of hydrogen-bond donors (Lipinski definition) is 2. The van der Waals surface area contributed by atoms with Crippen LogP contribution in [-0.2, 0) is 0 Å². The van der Waals surface area contributed by atoms with Crippen molar-refractivity contribution in [2.75, 3.05) is 5.32 Å². The third-order valence-electron chi connectivity index (χ3n) is 2.89. The molecule has 0 fully saturated rings. The molecular weight excluding hydrogens is 367 g/mol. The Labute approximate surface area is 128 Å². The van der Waals surface area contributed by atoms with Crippen LogP contribution in [0, 0.1) is 10.5 Å². The number of pyridine rings is 1. The third kappa shape index (κ3) is 2.38. The SMILES string of the molecule is Cc1cc(Nc2nc[nH]c(=O)c2I)c2ccccc2n1. The maximum absolute atomic E-state index is 11.6. The highest BCUT2D eigenvalue weighted by molar-refractivity contribution is 14.1. The summed E-state index contributed by atoms with van der Waals surface area (Å²) in [6, 6.07) is 9.81. The standard InChI is InChI=1S/C14H11IN4O/c1-8-6-11(9-4-2-3-5-10(9)18-8)19-13-12(15)14(20)17-7-16-13/h2-7H,1H3,(H2,16,17,18,19,20). The fourth-order valence-electron chi connectivity index (χ4n) is 2.01. The normalized spacial score (nSPS) is 10.7. The first-order valence-electron chi connectivity index (χ1n) is 6.02. The molecule has 20 heavy (non-hydrogen) atoms. The molecule has 0 bridgehead atoms. The van der Waals surface area contributed by atoms with E-state index in [1.54, 1.807) is 0 Å². The topological polar surface area (TPSA) is 70.7 Å². The molecular formula is C14H11IN4O. The van der Waals surface area contributed by atoms with Crippen molar-refractivity contribution in [2.45, 2.75) is 6.92 Å². The summed E-state index contributed by atoms with van der Waals surface area (Å²) >= 11 is 1.98. The molecule has 0 aliphatic carbocycles. The molecule has 0 spiro atoms. The molecule has 2 heterocycles. The molecule has 3 aromatic rings. The number of nitrogens with zero attached hydrogens (tertiary/aromatic N) is 2. The van der Waals surface area contributed by atoms with E-state index in [0.29, 0.717) is 9.39 Å². The lowest BCUT2D eigenvalue weighted by atomic mass is 10.1. The first-order valence-corrected chi connectivity index (χ1v) is 7.09. The van der Waals surface area contributed by atoms with E-state index in [1.165, 1.54) is 6.33 Å². The van der Waals surface area contributed by atoms with Crippen LogP contribution in [0.5, 0.6) is 0 Å². The first kappa shape index (κ1) is 13.0. The van der Waals surface area contributed by atoms with Gasteiger partial charge in [-0.1, -0.05) is 18.2 Å². The van der Waals surface area contributed by atoms with Gasteiger partial charge in [0.25, 0.3) is 5.56 Å². The van der Waals surface area contributed by atoms with Crippen LogP contribution in [0.2, 0.25) is 0 Å². The summed E-state index contributed by atoms with van der Waals surface area (Å²) in [6.45, 7) is 1.94. The number of halogens is 1. The van der Waals surface area contributed by atoms with Crippen LogP contribution in [0.1, 0.15) is 5.69 Å². The zero-order chi connectivity index (χ0) is 14.1. The van der Waals surface area contributed by atoms with Crippen molar-refractivity contribution >= 4 is 45.0 Å². The molecule has 0 saturated heterocycles. The molecule has 6 heteroatoms. The van der Waals surface area contributed by atoms with Crippen LogP contribution in [0.4, 0.5) is 11.5 Å². The summed E-state index contributed by atoms with van der Waals surface area (Å²) in [4.78, 5) is 22.8. The minimum atomic E-state index is -0.154. The van der Waals surface area contributed by atoms with Gasteiger partial charge in [-0.05, 0) is 41.6 Å². The Morgan fingerprint density at radius 1 is 1.30 bits per heavy atom. The van der Waals surface area contributed by atoms with Gasteiger partial charge in [0.05, 0.1) is 17.5 Å². The Morgan fingerprint density at radius 3 is 2.95 bits per heavy atom. The Kier molecular flexibility index (Phi) is 3.39. The molecule has 0 radical (unpaired) electrons. The van der Waals surface area contributed by atoms with Crippen molar-refractivity contribution in [3.05, 3.63) is 56.3 Å². The summed E-state index contributed by atoms with van der Waals surface area (Å²) in [5, 5.41) is 4.21. The van der Waals surface area contributed by atoms with Gasteiger partial charge < -0.3 is 10.3 Å². The number of benzene rings is 1. The van der Waals surface area contributed by atoms with Gasteiger partial charge in [-0.15, -0.1) is 0 Å². The number of fused-ring (bicyclic) bond motifs is 1. The molecule has 100 valence electrons. The van der Waals surface area contributed by atoms with Gasteiger partial charge >= 0.3 is 0 Å².